The number of aromatic nitrogens is 1. The molecule has 0 radical (unpaired) electrons. The van der Waals surface area contributed by atoms with Crippen molar-refractivity contribution >= 4 is 21.7 Å². The highest BCUT2D eigenvalue weighted by molar-refractivity contribution is 9.09. The van der Waals surface area contributed by atoms with Gasteiger partial charge in [-0.25, -0.2) is 4.98 Å². The van der Waals surface area contributed by atoms with Gasteiger partial charge >= 0.3 is 0 Å². The Bertz CT molecular complexity index is 236. The Morgan fingerprint density at radius 3 is 2.85 bits per heavy atom. The zero-order valence-electron chi connectivity index (χ0n) is 8.07. The van der Waals surface area contributed by atoms with Crippen LogP contribution in [-0.4, -0.2) is 23.4 Å². The average molecular weight is 243 g/mol. The summed E-state index contributed by atoms with van der Waals surface area (Å²) in [5.41, 5.74) is 0. The molecule has 0 aliphatic carbocycles. The highest BCUT2D eigenvalue weighted by Crippen LogP contribution is 2.10. The van der Waals surface area contributed by atoms with Gasteiger partial charge in [0.1, 0.15) is 5.82 Å². The maximum absolute atomic E-state index is 4.27. The molecule has 0 aliphatic rings. The molecule has 72 valence electrons. The molecule has 1 aromatic heterocycles. The monoisotopic (exact) mass is 242 g/mol. The van der Waals surface area contributed by atoms with Gasteiger partial charge in [0.25, 0.3) is 0 Å². The molecule has 0 saturated carbocycles. The quantitative estimate of drug-likeness (QED) is 0.756. The second kappa shape index (κ2) is 5.22. The standard InChI is InChI=1S/C10H15BrN2/c1-9(11)6-8-13(2)10-5-3-4-7-12-10/h3-5,7,9H,6,8H2,1-2H3. The Labute approximate surface area is 88.1 Å². The topological polar surface area (TPSA) is 16.1 Å². The summed E-state index contributed by atoms with van der Waals surface area (Å²) in [6, 6.07) is 5.97. The predicted molar refractivity (Wildman–Crippen MR) is 60.5 cm³/mol. The second-order valence-electron chi connectivity index (χ2n) is 3.18. The Morgan fingerprint density at radius 1 is 1.54 bits per heavy atom. The van der Waals surface area contributed by atoms with Crippen LogP contribution >= 0.6 is 15.9 Å². The van der Waals surface area contributed by atoms with Crippen LogP contribution in [0.2, 0.25) is 0 Å². The van der Waals surface area contributed by atoms with Crippen molar-refractivity contribution in [1.82, 2.24) is 4.98 Å². The molecule has 1 unspecified atom stereocenters. The van der Waals surface area contributed by atoms with Gasteiger partial charge in [-0.2, -0.15) is 0 Å². The van der Waals surface area contributed by atoms with Gasteiger partial charge in [-0.05, 0) is 18.6 Å². The fraction of sp³-hybridized carbons (Fsp3) is 0.500. The minimum atomic E-state index is 0.568. The maximum atomic E-state index is 4.27. The summed E-state index contributed by atoms with van der Waals surface area (Å²) in [6.07, 6.45) is 2.95. The van der Waals surface area contributed by atoms with Crippen LogP contribution < -0.4 is 4.90 Å². The molecule has 0 amide bonds. The van der Waals surface area contributed by atoms with Gasteiger partial charge in [0.05, 0.1) is 0 Å². The van der Waals surface area contributed by atoms with Gasteiger partial charge in [-0.3, -0.25) is 0 Å². The molecule has 2 nitrogen and oxygen atoms in total. The molecule has 1 rings (SSSR count). The summed E-state index contributed by atoms with van der Waals surface area (Å²) in [5.74, 6) is 1.04. The van der Waals surface area contributed by atoms with Crippen molar-refractivity contribution in [2.45, 2.75) is 18.2 Å². The lowest BCUT2D eigenvalue weighted by atomic mass is 10.3. The van der Waals surface area contributed by atoms with Crippen molar-refractivity contribution < 1.29 is 0 Å². The number of halogens is 1. The second-order valence-corrected chi connectivity index (χ2v) is 4.74. The van der Waals surface area contributed by atoms with E-state index in [-0.39, 0.29) is 0 Å². The number of pyridine rings is 1. The highest BCUT2D eigenvalue weighted by atomic mass is 79.9. The van der Waals surface area contributed by atoms with Gasteiger partial charge in [0.2, 0.25) is 0 Å². The van der Waals surface area contributed by atoms with E-state index < -0.39 is 0 Å². The van der Waals surface area contributed by atoms with E-state index in [4.69, 9.17) is 0 Å². The summed E-state index contributed by atoms with van der Waals surface area (Å²) in [4.78, 5) is 7.00. The number of alkyl halides is 1. The maximum Gasteiger partial charge on any atom is 0.128 e. The number of nitrogens with zero attached hydrogens (tertiary/aromatic N) is 2. The normalized spacial score (nSPS) is 12.5. The Morgan fingerprint density at radius 2 is 2.31 bits per heavy atom. The molecule has 13 heavy (non-hydrogen) atoms. The van der Waals surface area contributed by atoms with Crippen molar-refractivity contribution in [3.63, 3.8) is 0 Å². The first kappa shape index (κ1) is 10.5. The van der Waals surface area contributed by atoms with Crippen molar-refractivity contribution in [2.75, 3.05) is 18.5 Å². The molecule has 0 saturated heterocycles. The third-order valence-electron chi connectivity index (χ3n) is 1.90. The molecular formula is C10H15BrN2. The van der Waals surface area contributed by atoms with Gasteiger partial charge in [0, 0.05) is 24.6 Å². The number of anilines is 1. The van der Waals surface area contributed by atoms with E-state index in [0.717, 1.165) is 18.8 Å². The largest absolute Gasteiger partial charge is 0.360 e. The SMILES string of the molecule is CC(Br)CCN(C)c1ccccn1. The highest BCUT2D eigenvalue weighted by Gasteiger charge is 2.02. The lowest BCUT2D eigenvalue weighted by Crippen LogP contribution is -2.21. The van der Waals surface area contributed by atoms with E-state index >= 15 is 0 Å². The van der Waals surface area contributed by atoms with Gasteiger partial charge < -0.3 is 4.90 Å². The molecule has 0 N–H and O–H groups in total. The first-order valence-electron chi connectivity index (χ1n) is 4.46. The van der Waals surface area contributed by atoms with E-state index in [0.29, 0.717) is 4.83 Å². The van der Waals surface area contributed by atoms with Crippen molar-refractivity contribution in [2.24, 2.45) is 0 Å². The summed E-state index contributed by atoms with van der Waals surface area (Å²) in [5, 5.41) is 0. The predicted octanol–water partition coefficient (Wildman–Crippen LogP) is 2.69. The van der Waals surface area contributed by atoms with Crippen LogP contribution in [0.1, 0.15) is 13.3 Å². The summed E-state index contributed by atoms with van der Waals surface area (Å²) in [6.45, 7) is 3.19. The molecule has 0 aliphatic heterocycles. The van der Waals surface area contributed by atoms with Crippen molar-refractivity contribution in [1.29, 1.82) is 0 Å². The van der Waals surface area contributed by atoms with Gasteiger partial charge in [-0.15, -0.1) is 0 Å². The Balaban J connectivity index is 2.44. The fourth-order valence-electron chi connectivity index (χ4n) is 1.07. The lowest BCUT2D eigenvalue weighted by Gasteiger charge is -2.18. The summed E-state index contributed by atoms with van der Waals surface area (Å²) in [7, 11) is 2.07. The molecule has 0 fully saturated rings. The smallest absolute Gasteiger partial charge is 0.128 e. The molecule has 1 aromatic rings. The fourth-order valence-corrected chi connectivity index (χ4v) is 1.27. The van der Waals surface area contributed by atoms with Crippen LogP contribution in [0.4, 0.5) is 5.82 Å². The molecule has 0 aromatic carbocycles. The zero-order chi connectivity index (χ0) is 9.68. The molecule has 3 heteroatoms. The van der Waals surface area contributed by atoms with Crippen LogP contribution in [-0.2, 0) is 0 Å². The van der Waals surface area contributed by atoms with Gasteiger partial charge in [0.15, 0.2) is 0 Å². The van der Waals surface area contributed by atoms with E-state index in [1.54, 1.807) is 0 Å². The van der Waals surface area contributed by atoms with E-state index in [9.17, 15) is 0 Å². The average Bonchev–Trinajstić information content (AvgIpc) is 2.15. The number of hydrogen-bond donors (Lipinski definition) is 0. The minimum absolute atomic E-state index is 0.568. The third kappa shape index (κ3) is 3.77. The minimum Gasteiger partial charge on any atom is -0.360 e. The van der Waals surface area contributed by atoms with E-state index in [1.165, 1.54) is 0 Å². The van der Waals surface area contributed by atoms with Crippen molar-refractivity contribution in [3.05, 3.63) is 24.4 Å². The number of rotatable bonds is 4. The first-order valence-corrected chi connectivity index (χ1v) is 5.38. The van der Waals surface area contributed by atoms with Crippen LogP contribution in [0, 0.1) is 0 Å². The van der Waals surface area contributed by atoms with E-state index in [1.807, 2.05) is 24.4 Å². The lowest BCUT2D eigenvalue weighted by molar-refractivity contribution is 0.779. The first-order chi connectivity index (χ1) is 6.20. The molecule has 1 heterocycles. The molecular weight excluding hydrogens is 228 g/mol. The van der Waals surface area contributed by atoms with E-state index in [2.05, 4.69) is 39.8 Å². The number of hydrogen-bond acceptors (Lipinski definition) is 2. The van der Waals surface area contributed by atoms with Crippen LogP contribution in [0.3, 0.4) is 0 Å². The summed E-state index contributed by atoms with van der Waals surface area (Å²) < 4.78 is 0. The molecule has 0 bridgehead atoms. The van der Waals surface area contributed by atoms with Crippen molar-refractivity contribution in [3.8, 4) is 0 Å². The Kier molecular flexibility index (Phi) is 4.22. The van der Waals surface area contributed by atoms with Crippen LogP contribution in [0.15, 0.2) is 24.4 Å². The van der Waals surface area contributed by atoms with Crippen LogP contribution in [0.25, 0.3) is 0 Å². The summed E-state index contributed by atoms with van der Waals surface area (Å²) >= 11 is 3.53. The van der Waals surface area contributed by atoms with Gasteiger partial charge in [-0.1, -0.05) is 28.9 Å². The zero-order valence-corrected chi connectivity index (χ0v) is 9.66. The van der Waals surface area contributed by atoms with Crippen LogP contribution in [0.5, 0.6) is 0 Å². The Hall–Kier alpha value is -0.570. The molecule has 0 spiro atoms. The molecule has 1 atom stereocenters. The third-order valence-corrected chi connectivity index (χ3v) is 2.36.